The molecule has 0 aliphatic heterocycles. The number of hydrogen-bond donors (Lipinski definition) is 8. The molecule has 0 aliphatic rings. The number of aromatic nitrogens is 2. The summed E-state index contributed by atoms with van der Waals surface area (Å²) in [6.45, 7) is 0. The van der Waals surface area contributed by atoms with Crippen molar-refractivity contribution in [2.24, 2.45) is 0 Å². The number of nitrogens with zero attached hydrogens (tertiary/aromatic N) is 4. The van der Waals surface area contributed by atoms with Crippen LogP contribution in [-0.4, -0.2) is 92.5 Å². The van der Waals surface area contributed by atoms with E-state index in [0.29, 0.717) is 0 Å². The van der Waals surface area contributed by atoms with Crippen LogP contribution < -0.4 is 4.84 Å². The Hall–Kier alpha value is -0.660. The molecule has 0 radical (unpaired) electrons. The molecule has 1 aromatic heterocycles. The summed E-state index contributed by atoms with van der Waals surface area (Å²) < 4.78 is 83.9. The van der Waals surface area contributed by atoms with Gasteiger partial charge in [-0.15, -0.1) is 0 Å². The molecular weight excluding hydrogens is 658 g/mol. The van der Waals surface area contributed by atoms with E-state index in [0.717, 1.165) is 6.02 Å². The monoisotopic (exact) mass is 681 g/mol. The zero-order chi connectivity index (χ0) is 30.4. The highest BCUT2D eigenvalue weighted by molar-refractivity contribution is 7.72. The van der Waals surface area contributed by atoms with Crippen LogP contribution in [0.25, 0.3) is 0 Å². The summed E-state index contributed by atoms with van der Waals surface area (Å²) in [7, 11) is -28.5. The van der Waals surface area contributed by atoms with Crippen molar-refractivity contribution in [1.82, 2.24) is 14.6 Å². The van der Waals surface area contributed by atoms with Gasteiger partial charge in [0.05, 0.1) is 34.4 Å². The molecule has 0 saturated carbocycles. The standard InChI is InChI=1S/C8H15N4O.H8O19P6/c1-10(2)8(11(3)4)13-12-6-5-9-7-12;1-20(2,3)15-22(7,8)17-24(11,12)19-25(13,14)18-23(9,10)16-21(4,5)6/h5-7H,1-4H3;(H,7,8)(H,9,10)(H,11,12)(H,13,14)(H2,1,2,3)(H2,4,5,6)/q+1;. The average Bonchev–Trinajstić information content (AvgIpc) is 3.04. The van der Waals surface area contributed by atoms with Crippen molar-refractivity contribution in [2.75, 3.05) is 28.2 Å². The first-order valence-electron chi connectivity index (χ1n) is 8.51. The lowest BCUT2D eigenvalue weighted by Gasteiger charge is -2.19. The number of phosphoric acid groups is 6. The largest absolute Gasteiger partial charge is 0.490 e. The predicted molar refractivity (Wildman–Crippen MR) is 118 cm³/mol. The van der Waals surface area contributed by atoms with Crippen LogP contribution in [0, 0.1) is 0 Å². The fraction of sp³-hybridized carbons (Fsp3) is 0.500. The number of imidazole rings is 1. The molecule has 1 heterocycles. The van der Waals surface area contributed by atoms with Crippen LogP contribution in [0.2, 0.25) is 0 Å². The van der Waals surface area contributed by atoms with E-state index in [1.807, 2.05) is 37.7 Å². The minimum atomic E-state index is -6.26. The van der Waals surface area contributed by atoms with Gasteiger partial charge in [0.1, 0.15) is 6.33 Å². The van der Waals surface area contributed by atoms with Crippen LogP contribution in [0.5, 0.6) is 0 Å². The maximum atomic E-state index is 11.2. The van der Waals surface area contributed by atoms with Gasteiger partial charge in [0.2, 0.25) is 0 Å². The molecule has 0 amide bonds. The van der Waals surface area contributed by atoms with E-state index in [1.54, 1.807) is 23.5 Å². The van der Waals surface area contributed by atoms with Gasteiger partial charge >= 0.3 is 53.0 Å². The van der Waals surface area contributed by atoms with Crippen molar-refractivity contribution in [1.29, 1.82) is 0 Å². The summed E-state index contributed by atoms with van der Waals surface area (Å²) in [5.41, 5.74) is 0. The second-order valence-electron chi connectivity index (χ2n) is 6.35. The zero-order valence-corrected chi connectivity index (χ0v) is 24.5. The molecule has 1 rings (SSSR count). The van der Waals surface area contributed by atoms with Gasteiger partial charge in [-0.05, 0) is 0 Å². The van der Waals surface area contributed by atoms with Crippen molar-refractivity contribution in [3.05, 3.63) is 18.7 Å². The molecular formula is C8H23N4O20P6+. The first kappa shape index (κ1) is 37.3. The van der Waals surface area contributed by atoms with Gasteiger partial charge in [-0.1, -0.05) is 0 Å². The van der Waals surface area contributed by atoms with E-state index in [2.05, 4.69) is 26.5 Å². The van der Waals surface area contributed by atoms with Crippen LogP contribution in [0.4, 0.5) is 0 Å². The first-order chi connectivity index (χ1) is 16.6. The van der Waals surface area contributed by atoms with Crippen LogP contribution in [0.15, 0.2) is 18.7 Å². The van der Waals surface area contributed by atoms with Crippen molar-refractivity contribution in [3.63, 3.8) is 0 Å². The van der Waals surface area contributed by atoms with E-state index in [4.69, 9.17) is 44.0 Å². The summed E-state index contributed by atoms with van der Waals surface area (Å²) in [5.74, 6) is 0. The highest BCUT2D eigenvalue weighted by atomic mass is 31.3. The van der Waals surface area contributed by atoms with Gasteiger partial charge in [0.15, 0.2) is 0 Å². The van der Waals surface area contributed by atoms with Gasteiger partial charge in [-0.2, -0.15) is 26.3 Å². The van der Waals surface area contributed by atoms with E-state index < -0.39 is 46.9 Å². The van der Waals surface area contributed by atoms with Gasteiger partial charge in [0.25, 0.3) is 0 Å². The van der Waals surface area contributed by atoms with Crippen molar-refractivity contribution in [2.45, 2.75) is 0 Å². The molecule has 0 aliphatic carbocycles. The highest BCUT2D eigenvalue weighted by Crippen LogP contribution is 2.74. The van der Waals surface area contributed by atoms with Gasteiger partial charge in [-0.3, -0.25) is 4.84 Å². The molecule has 30 heteroatoms. The molecule has 0 aromatic carbocycles. The first-order valence-corrected chi connectivity index (χ1v) is 17.6. The normalized spacial score (nSPS) is 18.4. The summed E-state index contributed by atoms with van der Waals surface area (Å²) in [5, 5.41) is 0. The number of amidine groups is 1. The van der Waals surface area contributed by atoms with Gasteiger partial charge in [0, 0.05) is 6.20 Å². The van der Waals surface area contributed by atoms with Crippen molar-refractivity contribution in [3.8, 4) is 0 Å². The molecule has 0 saturated heterocycles. The summed E-state index contributed by atoms with van der Waals surface area (Å²) in [4.78, 5) is 79.4. The lowest BCUT2D eigenvalue weighted by molar-refractivity contribution is -0.480. The second kappa shape index (κ2) is 13.8. The molecule has 24 nitrogen and oxygen atoms in total. The minimum absolute atomic E-state index is 0.748. The summed E-state index contributed by atoms with van der Waals surface area (Å²) >= 11 is 0. The predicted octanol–water partition coefficient (Wildman–Crippen LogP) is -0.842. The van der Waals surface area contributed by atoms with Crippen LogP contribution in [-0.2, 0) is 48.9 Å². The average molecular weight is 681 g/mol. The van der Waals surface area contributed by atoms with Crippen LogP contribution in [0.1, 0.15) is 0 Å². The summed E-state index contributed by atoms with van der Waals surface area (Å²) in [6, 6.07) is 0.748. The molecule has 224 valence electrons. The molecule has 4 unspecified atom stereocenters. The third-order valence-corrected chi connectivity index (χ3v) is 10.8. The third kappa shape index (κ3) is 17.8. The lowest BCUT2D eigenvalue weighted by Crippen LogP contribution is -2.38. The van der Waals surface area contributed by atoms with Crippen molar-refractivity contribution >= 4 is 53.0 Å². The Morgan fingerprint density at radius 3 is 1.29 bits per heavy atom. The van der Waals surface area contributed by atoms with E-state index in [9.17, 15) is 27.4 Å². The highest BCUT2D eigenvalue weighted by Gasteiger charge is 2.48. The van der Waals surface area contributed by atoms with Crippen molar-refractivity contribution < 1.29 is 97.5 Å². The maximum Gasteiger partial charge on any atom is 0.490 e. The second-order valence-corrected chi connectivity index (χ2v) is 15.3. The lowest BCUT2D eigenvalue weighted by atomic mass is 10.8. The quantitative estimate of drug-likeness (QED) is 0.0610. The Bertz CT molecular complexity index is 1180. The minimum Gasteiger partial charge on any atom is -0.302 e. The Kier molecular flexibility index (Phi) is 13.6. The maximum absolute atomic E-state index is 11.2. The fourth-order valence-electron chi connectivity index (χ4n) is 1.68. The van der Waals surface area contributed by atoms with Gasteiger partial charge in [-0.25, -0.2) is 41.8 Å². The Balaban J connectivity index is 0.000000875. The van der Waals surface area contributed by atoms with Gasteiger partial charge < -0.3 is 39.1 Å². The molecule has 0 spiro atoms. The molecule has 4 atom stereocenters. The Morgan fingerprint density at radius 1 is 0.711 bits per heavy atom. The zero-order valence-electron chi connectivity index (χ0n) is 19.2. The smallest absolute Gasteiger partial charge is 0.302 e. The van der Waals surface area contributed by atoms with E-state index in [1.165, 1.54) is 0 Å². The molecule has 8 N–H and O–H groups in total. The summed E-state index contributed by atoms with van der Waals surface area (Å²) in [6.07, 6.45) is 5.02. The van der Waals surface area contributed by atoms with E-state index in [-0.39, 0.29) is 0 Å². The Labute approximate surface area is 212 Å². The SMILES string of the molecule is CN(C)C(On1ccnc1)=[N+](C)C.O=P(O)(O)OP(=O)(O)OP(=O)(O)OP(=O)(O)OP(=O)(O)OP(=O)(O)O. The fourth-order valence-corrected chi connectivity index (χ4v) is 8.51. The molecule has 38 heavy (non-hydrogen) atoms. The Morgan fingerprint density at radius 2 is 1.05 bits per heavy atom. The number of rotatable bonds is 11. The van der Waals surface area contributed by atoms with Crippen LogP contribution >= 0.6 is 46.9 Å². The van der Waals surface area contributed by atoms with Crippen LogP contribution in [0.3, 0.4) is 0 Å². The third-order valence-electron chi connectivity index (χ3n) is 2.47. The molecule has 0 bridgehead atoms. The topological polar surface area (TPSA) is 344 Å². The van der Waals surface area contributed by atoms with E-state index >= 15 is 0 Å². The molecule has 0 fully saturated rings. The molecule has 1 aromatic rings. The number of hydrogen-bond acceptors (Lipinski definition) is 13.